The van der Waals surface area contributed by atoms with Gasteiger partial charge in [0.15, 0.2) is 11.5 Å². The summed E-state index contributed by atoms with van der Waals surface area (Å²) in [7, 11) is 1.89. The normalized spacial score (nSPS) is 10.9. The van der Waals surface area contributed by atoms with Gasteiger partial charge < -0.3 is 9.72 Å². The molecule has 3 aromatic rings. The minimum Gasteiger partial charge on any atom is -0.336 e. The Kier molecular flexibility index (Phi) is 2.36. The molecule has 1 N–H and O–H groups in total. The average Bonchev–Trinajstić information content (AvgIpc) is 2.87. The second-order valence-corrected chi connectivity index (χ2v) is 4.65. The van der Waals surface area contributed by atoms with E-state index in [1.165, 1.54) is 0 Å². The predicted molar refractivity (Wildman–Crippen MR) is 69.4 cm³/mol. The average molecular weight is 292 g/mol. The van der Waals surface area contributed by atoms with Crippen molar-refractivity contribution in [1.29, 1.82) is 0 Å². The highest BCUT2D eigenvalue weighted by Gasteiger charge is 2.06. The lowest BCUT2D eigenvalue weighted by Gasteiger charge is -2.05. The smallest absolute Gasteiger partial charge is 0.160 e. The Morgan fingerprint density at radius 2 is 2.24 bits per heavy atom. The van der Waals surface area contributed by atoms with Crippen molar-refractivity contribution in [1.82, 2.24) is 19.2 Å². The summed E-state index contributed by atoms with van der Waals surface area (Å²) in [6.45, 7) is 0. The van der Waals surface area contributed by atoms with E-state index in [-0.39, 0.29) is 0 Å². The number of nitrogens with zero attached hydrogens (tertiary/aromatic N) is 4. The van der Waals surface area contributed by atoms with E-state index in [0.29, 0.717) is 0 Å². The number of hydrogen-bond donors (Lipinski definition) is 1. The molecule has 5 nitrogen and oxygen atoms in total. The third kappa shape index (κ3) is 1.91. The Bertz CT molecular complexity index is 669. The topological polar surface area (TPSA) is 47.2 Å². The third-order valence-electron chi connectivity index (χ3n) is 2.43. The molecule has 86 valence electrons. The van der Waals surface area contributed by atoms with Crippen LogP contribution in [0.4, 0.5) is 11.5 Å². The number of aromatic nitrogens is 4. The Hall–Kier alpha value is -1.82. The minimum absolute atomic E-state index is 0.801. The second kappa shape index (κ2) is 3.89. The number of halogens is 1. The summed E-state index contributed by atoms with van der Waals surface area (Å²) in [4.78, 5) is 4.31. The van der Waals surface area contributed by atoms with Crippen LogP contribution < -0.4 is 5.32 Å². The van der Waals surface area contributed by atoms with Crippen molar-refractivity contribution in [3.63, 3.8) is 0 Å². The second-order valence-electron chi connectivity index (χ2n) is 3.73. The zero-order valence-electron chi connectivity index (χ0n) is 9.13. The summed E-state index contributed by atoms with van der Waals surface area (Å²) >= 11 is 3.47. The van der Waals surface area contributed by atoms with Crippen molar-refractivity contribution in [2.45, 2.75) is 0 Å². The van der Waals surface area contributed by atoms with Crippen LogP contribution >= 0.6 is 15.9 Å². The molecule has 0 bridgehead atoms. The van der Waals surface area contributed by atoms with Gasteiger partial charge in [-0.25, -0.2) is 4.98 Å². The monoisotopic (exact) mass is 291 g/mol. The summed E-state index contributed by atoms with van der Waals surface area (Å²) < 4.78 is 4.69. The first-order valence-electron chi connectivity index (χ1n) is 5.11. The van der Waals surface area contributed by atoms with Crippen LogP contribution in [0.2, 0.25) is 0 Å². The summed E-state index contributed by atoms with van der Waals surface area (Å²) in [6.07, 6.45) is 7.53. The molecule has 0 aliphatic carbocycles. The molecule has 0 fully saturated rings. The van der Waals surface area contributed by atoms with Gasteiger partial charge in [-0.15, -0.1) is 0 Å². The fourth-order valence-corrected chi connectivity index (χ4v) is 2.16. The predicted octanol–water partition coefficient (Wildman–Crippen LogP) is 2.57. The zero-order valence-corrected chi connectivity index (χ0v) is 10.7. The minimum atomic E-state index is 0.801. The molecule has 0 aliphatic heterocycles. The highest BCUT2D eigenvalue weighted by molar-refractivity contribution is 9.10. The molecule has 0 unspecified atom stereocenters. The van der Waals surface area contributed by atoms with Crippen molar-refractivity contribution in [3.8, 4) is 0 Å². The molecule has 6 heteroatoms. The Labute approximate surface area is 106 Å². The Balaban J connectivity index is 2.07. The lowest BCUT2D eigenvalue weighted by molar-refractivity contribution is 0.771. The SMILES string of the molecule is Cn1ccc(Nc2cc(Br)cn3ccnc23)n1. The molecule has 0 radical (unpaired) electrons. The van der Waals surface area contributed by atoms with E-state index in [1.807, 2.05) is 42.2 Å². The molecule has 0 amide bonds. The number of hydrogen-bond acceptors (Lipinski definition) is 3. The van der Waals surface area contributed by atoms with Crippen LogP contribution in [0.15, 0.2) is 41.4 Å². The first-order valence-corrected chi connectivity index (χ1v) is 5.90. The summed E-state index contributed by atoms with van der Waals surface area (Å²) in [5, 5.41) is 7.53. The number of pyridine rings is 1. The lowest BCUT2D eigenvalue weighted by atomic mass is 10.4. The highest BCUT2D eigenvalue weighted by Crippen LogP contribution is 2.23. The fourth-order valence-electron chi connectivity index (χ4n) is 1.71. The largest absolute Gasteiger partial charge is 0.336 e. The van der Waals surface area contributed by atoms with Crippen molar-refractivity contribution >= 4 is 33.1 Å². The lowest BCUT2D eigenvalue weighted by Crippen LogP contribution is -1.97. The number of fused-ring (bicyclic) bond motifs is 1. The van der Waals surface area contributed by atoms with E-state index in [1.54, 1.807) is 10.9 Å². The Morgan fingerprint density at radius 3 is 3.00 bits per heavy atom. The maximum absolute atomic E-state index is 4.31. The zero-order chi connectivity index (χ0) is 11.8. The summed E-state index contributed by atoms with van der Waals surface area (Å²) in [5.41, 5.74) is 1.79. The van der Waals surface area contributed by atoms with Crippen molar-refractivity contribution in [2.24, 2.45) is 7.05 Å². The third-order valence-corrected chi connectivity index (χ3v) is 2.86. The summed E-state index contributed by atoms with van der Waals surface area (Å²) in [5.74, 6) is 0.801. The van der Waals surface area contributed by atoms with Gasteiger partial charge in [0.05, 0.1) is 5.69 Å². The van der Waals surface area contributed by atoms with Crippen LogP contribution in [0.3, 0.4) is 0 Å². The number of anilines is 2. The number of aryl methyl sites for hydroxylation is 1. The van der Waals surface area contributed by atoms with Gasteiger partial charge in [-0.3, -0.25) is 4.68 Å². The summed E-state index contributed by atoms with van der Waals surface area (Å²) in [6, 6.07) is 3.90. The standard InChI is InChI=1S/C11H10BrN5/c1-16-4-2-10(15-16)14-9-6-8(12)7-17-5-3-13-11(9)17/h2-7H,1H3,(H,14,15). The maximum atomic E-state index is 4.31. The molecule has 0 aromatic carbocycles. The van der Waals surface area contributed by atoms with Gasteiger partial charge >= 0.3 is 0 Å². The van der Waals surface area contributed by atoms with E-state index in [0.717, 1.165) is 21.6 Å². The van der Waals surface area contributed by atoms with Crippen LogP contribution in [-0.2, 0) is 7.05 Å². The van der Waals surface area contributed by atoms with E-state index >= 15 is 0 Å². The number of imidazole rings is 1. The van der Waals surface area contributed by atoms with E-state index in [4.69, 9.17) is 0 Å². The van der Waals surface area contributed by atoms with Crippen LogP contribution in [0.25, 0.3) is 5.65 Å². The fraction of sp³-hybridized carbons (Fsp3) is 0.0909. The van der Waals surface area contributed by atoms with Gasteiger partial charge in [-0.2, -0.15) is 5.10 Å². The molecule has 3 aromatic heterocycles. The number of rotatable bonds is 2. The van der Waals surface area contributed by atoms with Gasteiger partial charge in [-0.05, 0) is 22.0 Å². The van der Waals surface area contributed by atoms with E-state index in [9.17, 15) is 0 Å². The van der Waals surface area contributed by atoms with Crippen LogP contribution in [0.1, 0.15) is 0 Å². The van der Waals surface area contributed by atoms with Crippen LogP contribution in [-0.4, -0.2) is 19.2 Å². The molecule has 0 saturated carbocycles. The van der Waals surface area contributed by atoms with E-state index in [2.05, 4.69) is 31.3 Å². The molecule has 0 aliphatic rings. The number of nitrogens with one attached hydrogen (secondary N) is 1. The molecular formula is C11H10BrN5. The van der Waals surface area contributed by atoms with Gasteiger partial charge in [0.1, 0.15) is 0 Å². The van der Waals surface area contributed by atoms with Crippen molar-refractivity contribution in [2.75, 3.05) is 5.32 Å². The maximum Gasteiger partial charge on any atom is 0.160 e. The molecule has 17 heavy (non-hydrogen) atoms. The first kappa shape index (κ1) is 10.3. The highest BCUT2D eigenvalue weighted by atomic mass is 79.9. The quantitative estimate of drug-likeness (QED) is 0.789. The molecule has 3 heterocycles. The molecule has 0 saturated heterocycles. The molecule has 3 rings (SSSR count). The van der Waals surface area contributed by atoms with Crippen molar-refractivity contribution in [3.05, 3.63) is 41.4 Å². The van der Waals surface area contributed by atoms with Gasteiger partial charge in [0.25, 0.3) is 0 Å². The Morgan fingerprint density at radius 1 is 1.35 bits per heavy atom. The molecule has 0 atom stereocenters. The van der Waals surface area contributed by atoms with Crippen molar-refractivity contribution < 1.29 is 0 Å². The molecule has 0 spiro atoms. The first-order chi connectivity index (χ1) is 8.22. The van der Waals surface area contributed by atoms with Gasteiger partial charge in [0, 0.05) is 42.4 Å². The van der Waals surface area contributed by atoms with E-state index < -0.39 is 0 Å². The molecular weight excluding hydrogens is 282 g/mol. The van der Waals surface area contributed by atoms with Gasteiger partial charge in [0.2, 0.25) is 0 Å². The van der Waals surface area contributed by atoms with Crippen LogP contribution in [0.5, 0.6) is 0 Å². The van der Waals surface area contributed by atoms with Crippen LogP contribution in [0, 0.1) is 0 Å². The van der Waals surface area contributed by atoms with Gasteiger partial charge in [-0.1, -0.05) is 0 Å².